The van der Waals surface area contributed by atoms with E-state index in [1.807, 2.05) is 0 Å². The lowest BCUT2D eigenvalue weighted by Gasteiger charge is -2.09. The highest BCUT2D eigenvalue weighted by molar-refractivity contribution is 6.35. The molecule has 3 N–H and O–H groups in total. The average Bonchev–Trinajstić information content (AvgIpc) is 2.37. The largest absolute Gasteiger partial charge is 0.482 e. The van der Waals surface area contributed by atoms with Crippen molar-refractivity contribution >= 4 is 35.1 Å². The first-order valence-corrected chi connectivity index (χ1v) is 6.41. The Balaban J connectivity index is 2.31. The van der Waals surface area contributed by atoms with Crippen LogP contribution in [0.3, 0.4) is 0 Å². The lowest BCUT2D eigenvalue weighted by atomic mass is 10.2. The van der Waals surface area contributed by atoms with Crippen LogP contribution in [0, 0.1) is 0 Å². The molecule has 0 aliphatic carbocycles. The number of benzene rings is 1. The third-order valence-corrected chi connectivity index (χ3v) is 2.81. The summed E-state index contributed by atoms with van der Waals surface area (Å²) in [5.74, 6) is -1.46. The molecule has 6 nitrogen and oxygen atoms in total. The predicted molar refractivity (Wildman–Crippen MR) is 73.2 cm³/mol. The Morgan fingerprint density at radius 3 is 2.65 bits per heavy atom. The smallest absolute Gasteiger partial charge is 0.332 e. The maximum atomic E-state index is 11.4. The van der Waals surface area contributed by atoms with Gasteiger partial charge < -0.3 is 20.3 Å². The number of hydrogen-bond donors (Lipinski definition) is 3. The minimum atomic E-state index is -1.50. The molecule has 0 saturated heterocycles. The highest BCUT2D eigenvalue weighted by Gasteiger charge is 2.13. The first kappa shape index (κ1) is 16.6. The molecule has 0 bridgehead atoms. The maximum absolute atomic E-state index is 11.4. The van der Waals surface area contributed by atoms with E-state index >= 15 is 0 Å². The number of carbonyl (C=O) groups is 2. The minimum Gasteiger partial charge on any atom is -0.482 e. The van der Waals surface area contributed by atoms with Crippen LogP contribution in [-0.2, 0) is 9.59 Å². The van der Waals surface area contributed by atoms with Gasteiger partial charge in [-0.25, -0.2) is 4.79 Å². The summed E-state index contributed by atoms with van der Waals surface area (Å²) in [6, 6.07) is 4.59. The zero-order chi connectivity index (χ0) is 15.1. The topological polar surface area (TPSA) is 95.9 Å². The van der Waals surface area contributed by atoms with Crippen LogP contribution in [0.4, 0.5) is 0 Å². The van der Waals surface area contributed by atoms with Crippen molar-refractivity contribution in [3.63, 3.8) is 0 Å². The van der Waals surface area contributed by atoms with Crippen molar-refractivity contribution in [3.8, 4) is 5.75 Å². The van der Waals surface area contributed by atoms with Gasteiger partial charge in [0.1, 0.15) is 5.75 Å². The van der Waals surface area contributed by atoms with Crippen LogP contribution in [0.2, 0.25) is 10.0 Å². The van der Waals surface area contributed by atoms with Gasteiger partial charge in [0, 0.05) is 18.0 Å². The standard InChI is InChI=1S/C12H13Cl2NO5/c13-7-1-2-10(8(14)5-7)20-6-11(17)15-4-3-9(16)12(18)19/h1-2,5,9,16H,3-4,6H2,(H,15,17)(H,18,19)/t9-/m0/s1. The van der Waals surface area contributed by atoms with Gasteiger partial charge >= 0.3 is 5.97 Å². The van der Waals surface area contributed by atoms with Crippen molar-refractivity contribution < 1.29 is 24.5 Å². The number of hydrogen-bond acceptors (Lipinski definition) is 4. The minimum absolute atomic E-state index is 0.0318. The Bertz CT molecular complexity index is 495. The quantitative estimate of drug-likeness (QED) is 0.704. The van der Waals surface area contributed by atoms with Crippen LogP contribution < -0.4 is 10.1 Å². The Morgan fingerprint density at radius 2 is 2.05 bits per heavy atom. The normalized spacial score (nSPS) is 11.8. The number of aliphatic hydroxyl groups excluding tert-OH is 1. The van der Waals surface area contributed by atoms with Crippen molar-refractivity contribution in [1.82, 2.24) is 5.32 Å². The zero-order valence-electron chi connectivity index (χ0n) is 10.3. The summed E-state index contributed by atoms with van der Waals surface area (Å²) in [6.07, 6.45) is -1.58. The van der Waals surface area contributed by atoms with E-state index in [1.165, 1.54) is 12.1 Å². The van der Waals surface area contributed by atoms with E-state index in [4.69, 9.17) is 38.2 Å². The molecule has 1 aromatic rings. The van der Waals surface area contributed by atoms with E-state index in [1.54, 1.807) is 6.07 Å². The summed E-state index contributed by atoms with van der Waals surface area (Å²) in [6.45, 7) is -0.242. The Labute approximate surface area is 125 Å². The summed E-state index contributed by atoms with van der Waals surface area (Å²) in [7, 11) is 0. The van der Waals surface area contributed by atoms with Gasteiger partial charge in [-0.1, -0.05) is 23.2 Å². The van der Waals surface area contributed by atoms with Gasteiger partial charge in [0.2, 0.25) is 0 Å². The van der Waals surface area contributed by atoms with Gasteiger partial charge in [0.15, 0.2) is 12.7 Å². The summed E-state index contributed by atoms with van der Waals surface area (Å²) >= 11 is 11.6. The predicted octanol–water partition coefficient (Wildman–Crippen LogP) is 1.32. The molecule has 0 spiro atoms. The van der Waals surface area contributed by atoms with Crippen molar-refractivity contribution in [2.75, 3.05) is 13.2 Å². The SMILES string of the molecule is O=C(COc1ccc(Cl)cc1Cl)NCC[C@H](O)C(=O)O. The van der Waals surface area contributed by atoms with Gasteiger partial charge in [0.25, 0.3) is 5.91 Å². The van der Waals surface area contributed by atoms with Gasteiger partial charge in [-0.05, 0) is 18.2 Å². The first-order valence-electron chi connectivity index (χ1n) is 5.65. The molecule has 1 amide bonds. The highest BCUT2D eigenvalue weighted by Crippen LogP contribution is 2.27. The number of aliphatic hydroxyl groups is 1. The molecule has 0 radical (unpaired) electrons. The third-order valence-electron chi connectivity index (χ3n) is 2.28. The van der Waals surface area contributed by atoms with Gasteiger partial charge in [-0.2, -0.15) is 0 Å². The van der Waals surface area contributed by atoms with E-state index in [2.05, 4.69) is 5.32 Å². The van der Waals surface area contributed by atoms with Crippen molar-refractivity contribution in [1.29, 1.82) is 0 Å². The molecule has 0 saturated carbocycles. The second-order valence-corrected chi connectivity index (χ2v) is 4.70. The molecule has 8 heteroatoms. The summed E-state index contributed by atoms with van der Waals surface area (Å²) in [5.41, 5.74) is 0. The molecular formula is C12H13Cl2NO5. The van der Waals surface area contributed by atoms with E-state index < -0.39 is 18.0 Å². The second-order valence-electron chi connectivity index (χ2n) is 3.86. The third kappa shape index (κ3) is 5.64. The van der Waals surface area contributed by atoms with E-state index in [0.29, 0.717) is 10.8 Å². The van der Waals surface area contributed by atoms with Gasteiger partial charge in [-0.15, -0.1) is 0 Å². The molecule has 0 fully saturated rings. The molecule has 0 aliphatic heterocycles. The number of aliphatic carboxylic acids is 1. The van der Waals surface area contributed by atoms with Gasteiger partial charge in [-0.3, -0.25) is 4.79 Å². The number of halogens is 2. The Hall–Kier alpha value is -1.50. The van der Waals surface area contributed by atoms with Crippen LogP contribution in [0.25, 0.3) is 0 Å². The fourth-order valence-electron chi connectivity index (χ4n) is 1.26. The number of rotatable bonds is 7. The van der Waals surface area contributed by atoms with Crippen molar-refractivity contribution in [2.24, 2.45) is 0 Å². The summed E-state index contributed by atoms with van der Waals surface area (Å²) in [5, 5.41) is 20.6. The number of carboxylic acid groups (broad SMARTS) is 1. The lowest BCUT2D eigenvalue weighted by Crippen LogP contribution is -2.33. The van der Waals surface area contributed by atoms with Crippen LogP contribution in [-0.4, -0.2) is 41.3 Å². The Morgan fingerprint density at radius 1 is 1.35 bits per heavy atom. The fraction of sp³-hybridized carbons (Fsp3) is 0.333. The molecule has 0 aromatic heterocycles. The van der Waals surface area contributed by atoms with Crippen LogP contribution in [0.15, 0.2) is 18.2 Å². The van der Waals surface area contributed by atoms with E-state index in [9.17, 15) is 9.59 Å². The average molecular weight is 322 g/mol. The second kappa shape index (κ2) is 7.94. The number of carboxylic acids is 1. The number of nitrogens with one attached hydrogen (secondary N) is 1. The Kier molecular flexibility index (Phi) is 6.57. The van der Waals surface area contributed by atoms with Gasteiger partial charge in [0.05, 0.1) is 5.02 Å². The molecular weight excluding hydrogens is 309 g/mol. The monoisotopic (exact) mass is 321 g/mol. The van der Waals surface area contributed by atoms with E-state index in [0.717, 1.165) is 0 Å². The molecule has 1 aromatic carbocycles. The lowest BCUT2D eigenvalue weighted by molar-refractivity contribution is -0.147. The molecule has 110 valence electrons. The first-order chi connectivity index (χ1) is 9.40. The van der Waals surface area contributed by atoms with Crippen LogP contribution in [0.5, 0.6) is 5.75 Å². The van der Waals surface area contributed by atoms with Crippen LogP contribution in [0.1, 0.15) is 6.42 Å². The molecule has 0 unspecified atom stereocenters. The maximum Gasteiger partial charge on any atom is 0.332 e. The fourth-order valence-corrected chi connectivity index (χ4v) is 1.72. The zero-order valence-corrected chi connectivity index (χ0v) is 11.8. The number of amides is 1. The van der Waals surface area contributed by atoms with Crippen LogP contribution >= 0.6 is 23.2 Å². The molecule has 0 heterocycles. The molecule has 0 aliphatic rings. The van der Waals surface area contributed by atoms with E-state index in [-0.39, 0.29) is 24.6 Å². The van der Waals surface area contributed by atoms with Crippen molar-refractivity contribution in [2.45, 2.75) is 12.5 Å². The number of ether oxygens (including phenoxy) is 1. The van der Waals surface area contributed by atoms with Crippen molar-refractivity contribution in [3.05, 3.63) is 28.2 Å². The molecule has 20 heavy (non-hydrogen) atoms. The molecule has 1 rings (SSSR count). The highest BCUT2D eigenvalue weighted by atomic mass is 35.5. The molecule has 1 atom stereocenters. The summed E-state index contributed by atoms with van der Waals surface area (Å²) < 4.78 is 5.18. The summed E-state index contributed by atoms with van der Waals surface area (Å²) in [4.78, 5) is 21.7. The number of carbonyl (C=O) groups excluding carboxylic acids is 1.